The number of carbonyl (C=O) groups excluding carboxylic acids is 4. The molecule has 0 spiro atoms. The van der Waals surface area contributed by atoms with Crippen molar-refractivity contribution < 1.29 is 47.6 Å². The Hall–Kier alpha value is -6.31. The van der Waals surface area contributed by atoms with Gasteiger partial charge in [-0.25, -0.2) is 14.3 Å². The second-order valence-electron chi connectivity index (χ2n) is 16.3. The van der Waals surface area contributed by atoms with Gasteiger partial charge in [0.1, 0.15) is 47.7 Å². The number of nitriles is 1. The van der Waals surface area contributed by atoms with Crippen LogP contribution < -0.4 is 9.75 Å². The highest BCUT2D eigenvalue weighted by Gasteiger charge is 2.50. The van der Waals surface area contributed by atoms with Crippen molar-refractivity contribution in [2.24, 2.45) is 11.8 Å². The third-order valence-electron chi connectivity index (χ3n) is 11.1. The SMILES string of the molecule is CC(=O)OCC1O[C@H](Sc2cnc(C#N)c(Br)c2)[C@@H](OC(C)=O)C(n2cc(-c3csc(=O)[nH]3)nn2)[C@H]1C.[C-]#[N+]c1ncc(Cl)cc1S[C@H]1OC(COC(C)=O)[C@H](C)C(n2cc(-c3csc(=O)[nH]3)nn2)[C@@H]1OC(C)=O. The topological polar surface area (TPSA) is 305 Å². The lowest BCUT2D eigenvalue weighted by Crippen LogP contribution is -2.52. The summed E-state index contributed by atoms with van der Waals surface area (Å²) in [6, 6.07) is 4.13. The van der Waals surface area contributed by atoms with E-state index in [0.29, 0.717) is 42.1 Å². The molecule has 2 aliphatic heterocycles. The van der Waals surface area contributed by atoms with Gasteiger partial charge < -0.3 is 43.2 Å². The van der Waals surface area contributed by atoms with Gasteiger partial charge in [-0.2, -0.15) is 5.26 Å². The molecule has 388 valence electrons. The van der Waals surface area contributed by atoms with Crippen LogP contribution in [0.3, 0.4) is 0 Å². The molecule has 74 heavy (non-hydrogen) atoms. The molecular formula is C44H42BrClN12O12S4. The van der Waals surface area contributed by atoms with E-state index in [2.05, 4.69) is 61.3 Å². The van der Waals surface area contributed by atoms with Crippen LogP contribution in [0.4, 0.5) is 5.82 Å². The zero-order valence-corrected chi connectivity index (χ0v) is 45.2. The van der Waals surface area contributed by atoms with Crippen LogP contribution in [0.2, 0.25) is 5.02 Å². The molecule has 2 aliphatic rings. The molecule has 6 aromatic rings. The third kappa shape index (κ3) is 13.7. The normalized spacial score (nSPS) is 23.3. The zero-order chi connectivity index (χ0) is 53.4. The highest BCUT2D eigenvalue weighted by atomic mass is 79.9. The number of ether oxygens (including phenoxy) is 6. The van der Waals surface area contributed by atoms with Crippen molar-refractivity contribution in [3.05, 3.63) is 93.6 Å². The first-order valence-electron chi connectivity index (χ1n) is 21.9. The van der Waals surface area contributed by atoms with Crippen LogP contribution in [0.1, 0.15) is 59.3 Å². The van der Waals surface area contributed by atoms with Crippen molar-refractivity contribution in [2.75, 3.05) is 13.2 Å². The van der Waals surface area contributed by atoms with Crippen LogP contribution in [0, 0.1) is 29.7 Å². The maximum Gasteiger partial charge on any atom is 0.304 e. The van der Waals surface area contributed by atoms with E-state index in [-0.39, 0.29) is 46.3 Å². The maximum absolute atomic E-state index is 12.2. The van der Waals surface area contributed by atoms with Crippen molar-refractivity contribution in [3.63, 3.8) is 0 Å². The molecule has 0 radical (unpaired) electrons. The second kappa shape index (κ2) is 24.8. The summed E-state index contributed by atoms with van der Waals surface area (Å²) in [5.74, 6) is -2.59. The van der Waals surface area contributed by atoms with Gasteiger partial charge in [-0.15, -0.1) is 26.9 Å². The van der Waals surface area contributed by atoms with Gasteiger partial charge in [0, 0.05) is 66.3 Å². The fourth-order valence-corrected chi connectivity index (χ4v) is 12.1. The van der Waals surface area contributed by atoms with Gasteiger partial charge in [-0.3, -0.25) is 28.8 Å². The Balaban J connectivity index is 0.000000216. The number of esters is 4. The number of hydrogen-bond donors (Lipinski definition) is 2. The summed E-state index contributed by atoms with van der Waals surface area (Å²) in [5.41, 5.74) is 0.514. The number of hydrogen-bond acceptors (Lipinski definition) is 23. The first-order chi connectivity index (χ1) is 35.3. The minimum Gasteiger partial charge on any atom is -0.463 e. The average molecular weight is 1170 g/mol. The monoisotopic (exact) mass is 1170 g/mol. The van der Waals surface area contributed by atoms with E-state index in [0.717, 1.165) is 34.4 Å². The molecule has 24 nitrogen and oxygen atoms in total. The Morgan fingerprint density at radius 3 is 1.73 bits per heavy atom. The second-order valence-corrected chi connectivity index (χ2v) is 21.6. The molecular weight excluding hydrogens is 1130 g/mol. The number of aromatic nitrogens is 10. The molecule has 0 amide bonds. The lowest BCUT2D eigenvalue weighted by Gasteiger charge is -2.44. The van der Waals surface area contributed by atoms with Crippen LogP contribution >= 0.6 is 73.7 Å². The molecule has 0 saturated carbocycles. The fourth-order valence-electron chi connectivity index (χ4n) is 7.81. The van der Waals surface area contributed by atoms with E-state index in [1.54, 1.807) is 44.7 Å². The van der Waals surface area contributed by atoms with Crippen LogP contribution in [0.5, 0.6) is 0 Å². The lowest BCUT2D eigenvalue weighted by atomic mass is 9.89. The Morgan fingerprint density at radius 2 is 1.31 bits per heavy atom. The number of aromatic amines is 2. The summed E-state index contributed by atoms with van der Waals surface area (Å²) in [6.07, 6.45) is 3.29. The van der Waals surface area contributed by atoms with E-state index in [1.165, 1.54) is 51.9 Å². The third-order valence-corrected chi connectivity index (χ3v) is 15.6. The van der Waals surface area contributed by atoms with Crippen molar-refractivity contribution in [1.82, 2.24) is 49.9 Å². The summed E-state index contributed by atoms with van der Waals surface area (Å²) < 4.78 is 38.2. The first kappa shape index (κ1) is 55.4. The van der Waals surface area contributed by atoms with Crippen molar-refractivity contribution in [2.45, 2.75) is 98.7 Å². The Morgan fingerprint density at radius 1 is 0.811 bits per heavy atom. The first-order valence-corrected chi connectivity index (χ1v) is 26.5. The minimum absolute atomic E-state index is 0.0223. The van der Waals surface area contributed by atoms with Gasteiger partial charge in [-0.1, -0.05) is 76.9 Å². The highest BCUT2D eigenvalue weighted by Crippen LogP contribution is 2.46. The number of halogens is 2. The highest BCUT2D eigenvalue weighted by molar-refractivity contribution is 9.10. The van der Waals surface area contributed by atoms with E-state index in [4.69, 9.17) is 46.6 Å². The fraction of sp³-hybridized carbons (Fsp3) is 0.409. The summed E-state index contributed by atoms with van der Waals surface area (Å²) in [6.45, 7) is 16.3. The maximum atomic E-state index is 12.2. The zero-order valence-electron chi connectivity index (χ0n) is 39.6. The molecule has 2 fully saturated rings. The van der Waals surface area contributed by atoms with Crippen LogP contribution in [-0.4, -0.2) is 122 Å². The number of nitrogens with one attached hydrogen (secondary N) is 2. The van der Waals surface area contributed by atoms with Gasteiger partial charge in [0.05, 0.1) is 57.6 Å². The molecule has 30 heteroatoms. The standard InChI is InChI=1S/C22H21BrN6O6S2.C22H21ClN6O6S2/c1-10-18(8-33-11(2)30)35-21(37-13-4-14(23)15(5-24)25-6-13)20(34-12(3)31)19(10)29-7-16(27-28-29)17-9-36-22(32)26-17;1-10-16(8-33-11(2)30)35-21(37-17-5-13(23)6-25-20(17)24-4)19(34-12(3)31)18(10)29-7-14(27-28-29)15-9-36-22(32)26-15/h4,6-7,9-10,18-21H,8H2,1-3H3,(H,26,32);5-7,9-10,16,18-19,21H,8H2,1-3H3,(H,26,32)/t10-,18?,19?,20-,21+;10-,16?,18?,19-,21+/m00/s1. The Kier molecular flexibility index (Phi) is 18.6. The average Bonchev–Trinajstić information content (AvgIpc) is 4.19. The predicted octanol–water partition coefficient (Wildman–Crippen LogP) is 6.40. The molecule has 10 atom stereocenters. The predicted molar refractivity (Wildman–Crippen MR) is 270 cm³/mol. The van der Waals surface area contributed by atoms with E-state index < -0.39 is 71.2 Å². The van der Waals surface area contributed by atoms with Crippen LogP contribution in [-0.2, 0) is 47.6 Å². The number of rotatable bonds is 14. The smallest absolute Gasteiger partial charge is 0.304 e. The number of H-pyrrole nitrogens is 2. The lowest BCUT2D eigenvalue weighted by molar-refractivity contribution is -0.186. The van der Waals surface area contributed by atoms with Crippen LogP contribution in [0.15, 0.2) is 71.5 Å². The summed E-state index contributed by atoms with van der Waals surface area (Å²) in [5, 5.41) is 29.7. The van der Waals surface area contributed by atoms with E-state index in [9.17, 15) is 34.0 Å². The van der Waals surface area contributed by atoms with E-state index in [1.807, 2.05) is 19.9 Å². The number of thiazole rings is 2. The molecule has 2 saturated heterocycles. The van der Waals surface area contributed by atoms with E-state index >= 15 is 0 Å². The van der Waals surface area contributed by atoms with Crippen molar-refractivity contribution in [1.29, 1.82) is 5.26 Å². The molecule has 0 aliphatic carbocycles. The molecule has 6 aromatic heterocycles. The minimum atomic E-state index is -0.889. The van der Waals surface area contributed by atoms with Gasteiger partial charge >= 0.3 is 33.6 Å². The summed E-state index contributed by atoms with van der Waals surface area (Å²) in [7, 11) is 0. The molecule has 0 aromatic carbocycles. The molecule has 4 unspecified atom stereocenters. The van der Waals surface area contributed by atoms with Gasteiger partial charge in [0.15, 0.2) is 17.9 Å². The Bertz CT molecular complexity index is 3220. The van der Waals surface area contributed by atoms with Gasteiger partial charge in [0.25, 0.3) is 5.82 Å². The van der Waals surface area contributed by atoms with Gasteiger partial charge in [0.2, 0.25) is 0 Å². The summed E-state index contributed by atoms with van der Waals surface area (Å²) in [4.78, 5) is 88.3. The molecule has 0 bridgehead atoms. The molecule has 2 N–H and O–H groups in total. The Labute approximate surface area is 449 Å². The summed E-state index contributed by atoms with van der Waals surface area (Å²) >= 11 is 13.8. The van der Waals surface area contributed by atoms with Crippen LogP contribution in [0.25, 0.3) is 27.6 Å². The van der Waals surface area contributed by atoms with Crippen molar-refractivity contribution in [3.8, 4) is 28.8 Å². The molecule has 8 rings (SSSR count). The number of nitrogens with zero attached hydrogens (tertiary/aromatic N) is 10. The number of thioether (sulfide) groups is 2. The number of carbonyl (C=O) groups is 4. The quantitative estimate of drug-likeness (QED) is 0.0677. The number of pyridine rings is 2. The molecule has 8 heterocycles. The van der Waals surface area contributed by atoms with Crippen molar-refractivity contribution >= 4 is 103 Å². The largest absolute Gasteiger partial charge is 0.463 e. The van der Waals surface area contributed by atoms with Gasteiger partial charge in [-0.05, 0) is 28.1 Å².